The van der Waals surface area contributed by atoms with Crippen molar-refractivity contribution in [3.8, 4) is 0 Å². The summed E-state index contributed by atoms with van der Waals surface area (Å²) in [6.45, 7) is 4.61. The van der Waals surface area contributed by atoms with Crippen molar-refractivity contribution in [3.63, 3.8) is 0 Å². The molecular formula is C19H25ClN4O2. The van der Waals surface area contributed by atoms with Crippen LogP contribution in [0.15, 0.2) is 29.7 Å². The van der Waals surface area contributed by atoms with E-state index in [1.807, 2.05) is 30.7 Å². The number of benzene rings is 1. The summed E-state index contributed by atoms with van der Waals surface area (Å²) in [6.07, 6.45) is 4.96. The quantitative estimate of drug-likeness (QED) is 0.837. The van der Waals surface area contributed by atoms with Gasteiger partial charge in [0.05, 0.1) is 18.1 Å². The largest absolute Gasteiger partial charge is 0.375 e. The molecule has 1 unspecified atom stereocenters. The van der Waals surface area contributed by atoms with E-state index < -0.39 is 0 Å². The van der Waals surface area contributed by atoms with E-state index >= 15 is 0 Å². The molecule has 0 spiro atoms. The lowest BCUT2D eigenvalue weighted by atomic mass is 10.1. The number of halogens is 1. The Morgan fingerprint density at radius 1 is 1.38 bits per heavy atom. The van der Waals surface area contributed by atoms with E-state index in [1.165, 1.54) is 0 Å². The average Bonchev–Trinajstić information content (AvgIpc) is 3.07. The van der Waals surface area contributed by atoms with E-state index in [1.54, 1.807) is 13.2 Å². The Hall–Kier alpha value is -2.05. The summed E-state index contributed by atoms with van der Waals surface area (Å²) >= 11 is 6.46. The second-order valence-electron chi connectivity index (χ2n) is 6.72. The topological polar surface area (TPSA) is 68.2 Å². The minimum Gasteiger partial charge on any atom is -0.375 e. The Morgan fingerprint density at radius 2 is 2.19 bits per heavy atom. The third kappa shape index (κ3) is 3.86. The van der Waals surface area contributed by atoms with Crippen molar-refractivity contribution in [1.82, 2.24) is 20.4 Å². The number of amides is 1. The molecule has 0 aliphatic carbocycles. The second kappa shape index (κ2) is 8.10. The standard InChI is InChI=1S/C19H25ClN4O2/c1-12(2)19(21-3)23-16(25)10-14-15(20)8-7-13-11-22-24(18(13)14)17-6-4-5-9-26-17/h7-8,11,17,21H,4-6,9-10H2,1-3H3,(H,23,25). The van der Waals surface area contributed by atoms with Gasteiger partial charge >= 0.3 is 0 Å². The highest BCUT2D eigenvalue weighted by Crippen LogP contribution is 2.31. The Morgan fingerprint density at radius 3 is 2.85 bits per heavy atom. The van der Waals surface area contributed by atoms with Gasteiger partial charge in [0.25, 0.3) is 0 Å². The van der Waals surface area contributed by atoms with Crippen LogP contribution in [0.1, 0.15) is 44.9 Å². The Balaban J connectivity index is 1.94. The molecule has 1 aromatic carbocycles. The molecule has 7 heteroatoms. The number of rotatable bonds is 5. The molecule has 1 fully saturated rings. The first-order valence-corrected chi connectivity index (χ1v) is 9.30. The van der Waals surface area contributed by atoms with Gasteiger partial charge in [-0.25, -0.2) is 4.68 Å². The summed E-state index contributed by atoms with van der Waals surface area (Å²) < 4.78 is 7.76. The molecule has 1 atom stereocenters. The number of hydrogen-bond acceptors (Lipinski definition) is 4. The lowest BCUT2D eigenvalue weighted by Gasteiger charge is -2.24. The van der Waals surface area contributed by atoms with Crippen LogP contribution in [0, 0.1) is 0 Å². The monoisotopic (exact) mass is 376 g/mol. The smallest absolute Gasteiger partial charge is 0.230 e. The summed E-state index contributed by atoms with van der Waals surface area (Å²) in [5.41, 5.74) is 2.66. The molecule has 2 aromatic rings. The van der Waals surface area contributed by atoms with E-state index in [0.717, 1.165) is 47.9 Å². The Labute approximate surface area is 158 Å². The number of aromatic nitrogens is 2. The van der Waals surface area contributed by atoms with E-state index in [2.05, 4.69) is 15.7 Å². The number of carbonyl (C=O) groups is 1. The van der Waals surface area contributed by atoms with Gasteiger partial charge in [-0.1, -0.05) is 11.6 Å². The summed E-state index contributed by atoms with van der Waals surface area (Å²) in [5.74, 6) is 0.588. The zero-order chi connectivity index (χ0) is 18.7. The first-order valence-electron chi connectivity index (χ1n) is 8.92. The van der Waals surface area contributed by atoms with Crippen LogP contribution in [-0.2, 0) is 16.0 Å². The first kappa shape index (κ1) is 18.7. The molecule has 0 saturated carbocycles. The van der Waals surface area contributed by atoms with Gasteiger partial charge in [-0.05, 0) is 50.8 Å². The molecule has 1 aliphatic heterocycles. The van der Waals surface area contributed by atoms with Gasteiger partial charge in [0.15, 0.2) is 6.23 Å². The molecule has 0 radical (unpaired) electrons. The van der Waals surface area contributed by atoms with Gasteiger partial charge in [-0.15, -0.1) is 0 Å². The van der Waals surface area contributed by atoms with Crippen LogP contribution in [0.25, 0.3) is 10.9 Å². The van der Waals surface area contributed by atoms with E-state index in [-0.39, 0.29) is 18.6 Å². The second-order valence-corrected chi connectivity index (χ2v) is 7.13. The van der Waals surface area contributed by atoms with Gasteiger partial charge in [0.2, 0.25) is 5.91 Å². The highest BCUT2D eigenvalue weighted by atomic mass is 35.5. The fourth-order valence-corrected chi connectivity index (χ4v) is 3.49. The van der Waals surface area contributed by atoms with Crippen LogP contribution in [-0.4, -0.2) is 29.3 Å². The minimum atomic E-state index is -0.123. The van der Waals surface area contributed by atoms with Crippen LogP contribution >= 0.6 is 11.6 Å². The summed E-state index contributed by atoms with van der Waals surface area (Å²) in [5, 5.41) is 11.9. The number of hydrogen-bond donors (Lipinski definition) is 2. The van der Waals surface area contributed by atoms with Crippen LogP contribution < -0.4 is 10.6 Å². The molecule has 1 aromatic heterocycles. The third-order valence-corrected chi connectivity index (χ3v) is 4.94. The number of fused-ring (bicyclic) bond motifs is 1. The lowest BCUT2D eigenvalue weighted by molar-refractivity contribution is -0.119. The Kier molecular flexibility index (Phi) is 5.84. The molecule has 26 heavy (non-hydrogen) atoms. The van der Waals surface area contributed by atoms with Gasteiger partial charge in [0, 0.05) is 29.6 Å². The normalized spacial score (nSPS) is 17.2. The molecule has 6 nitrogen and oxygen atoms in total. The lowest BCUT2D eigenvalue weighted by Crippen LogP contribution is -2.32. The molecule has 1 saturated heterocycles. The number of allylic oxidation sites excluding steroid dienone is 1. The molecule has 3 rings (SSSR count). The van der Waals surface area contributed by atoms with Crippen molar-refractivity contribution in [1.29, 1.82) is 0 Å². The van der Waals surface area contributed by atoms with Crippen molar-refractivity contribution in [2.45, 2.75) is 45.8 Å². The van der Waals surface area contributed by atoms with Gasteiger partial charge in [-0.3, -0.25) is 4.79 Å². The van der Waals surface area contributed by atoms with E-state index in [0.29, 0.717) is 10.8 Å². The minimum absolute atomic E-state index is 0.104. The number of ether oxygens (including phenoxy) is 1. The number of nitrogens with zero attached hydrogens (tertiary/aromatic N) is 2. The zero-order valence-corrected chi connectivity index (χ0v) is 16.2. The summed E-state index contributed by atoms with van der Waals surface area (Å²) in [4.78, 5) is 12.6. The summed E-state index contributed by atoms with van der Waals surface area (Å²) in [6, 6.07) is 3.75. The maximum Gasteiger partial charge on any atom is 0.230 e. The number of nitrogens with one attached hydrogen (secondary N) is 2. The SMILES string of the molecule is CNC(NC(=O)Cc1c(Cl)ccc2cnn(C3CCCCO3)c12)=C(C)C. The highest BCUT2D eigenvalue weighted by molar-refractivity contribution is 6.32. The predicted molar refractivity (Wildman–Crippen MR) is 103 cm³/mol. The first-order chi connectivity index (χ1) is 12.5. The zero-order valence-electron chi connectivity index (χ0n) is 15.4. The molecule has 140 valence electrons. The third-order valence-electron chi connectivity index (χ3n) is 4.59. The van der Waals surface area contributed by atoms with Crippen molar-refractivity contribution in [2.75, 3.05) is 13.7 Å². The molecule has 1 amide bonds. The van der Waals surface area contributed by atoms with Crippen LogP contribution in [0.3, 0.4) is 0 Å². The van der Waals surface area contributed by atoms with E-state index in [9.17, 15) is 4.79 Å². The fraction of sp³-hybridized carbons (Fsp3) is 0.474. The Bertz CT molecular complexity index is 833. The van der Waals surface area contributed by atoms with Crippen LogP contribution in [0.4, 0.5) is 0 Å². The van der Waals surface area contributed by atoms with Crippen molar-refractivity contribution in [3.05, 3.63) is 40.3 Å². The maximum atomic E-state index is 12.6. The maximum absolute atomic E-state index is 12.6. The highest BCUT2D eigenvalue weighted by Gasteiger charge is 2.22. The van der Waals surface area contributed by atoms with Gasteiger partial charge in [0.1, 0.15) is 5.82 Å². The summed E-state index contributed by atoms with van der Waals surface area (Å²) in [7, 11) is 1.78. The van der Waals surface area contributed by atoms with Gasteiger partial charge in [-0.2, -0.15) is 5.10 Å². The molecule has 2 heterocycles. The molecular weight excluding hydrogens is 352 g/mol. The van der Waals surface area contributed by atoms with Crippen molar-refractivity contribution < 1.29 is 9.53 Å². The van der Waals surface area contributed by atoms with Crippen LogP contribution in [0.2, 0.25) is 5.02 Å². The molecule has 0 bridgehead atoms. The predicted octanol–water partition coefficient (Wildman–Crippen LogP) is 3.52. The average molecular weight is 377 g/mol. The molecule has 2 N–H and O–H groups in total. The van der Waals surface area contributed by atoms with Crippen molar-refractivity contribution >= 4 is 28.4 Å². The fourth-order valence-electron chi connectivity index (χ4n) is 3.27. The number of carbonyl (C=O) groups excluding carboxylic acids is 1. The van der Waals surface area contributed by atoms with E-state index in [4.69, 9.17) is 16.3 Å². The molecule has 1 aliphatic rings. The van der Waals surface area contributed by atoms with Gasteiger partial charge < -0.3 is 15.4 Å². The van der Waals surface area contributed by atoms with Crippen LogP contribution in [0.5, 0.6) is 0 Å². The van der Waals surface area contributed by atoms with Crippen molar-refractivity contribution in [2.24, 2.45) is 0 Å².